The first-order valence-electron chi connectivity index (χ1n) is 3.88. The molecule has 13 heavy (non-hydrogen) atoms. The lowest BCUT2D eigenvalue weighted by atomic mass is 10.2. The number of benzene rings is 1. The Kier molecular flexibility index (Phi) is 3.79. The molecule has 1 aromatic carbocycles. The van der Waals surface area contributed by atoms with Crippen molar-refractivity contribution in [1.29, 1.82) is 0 Å². The van der Waals surface area contributed by atoms with Gasteiger partial charge in [-0.25, -0.2) is 0 Å². The van der Waals surface area contributed by atoms with Gasteiger partial charge in [-0.3, -0.25) is 5.84 Å². The molecule has 0 bridgehead atoms. The monoisotopic (exact) mass is 241 g/mol. The molecular formula is C9H12BrN3. The largest absolute Gasteiger partial charge is 0.392 e. The molecule has 4 heteroatoms. The fourth-order valence-corrected chi connectivity index (χ4v) is 1.52. The summed E-state index contributed by atoms with van der Waals surface area (Å²) in [5, 5.41) is 2.92. The van der Waals surface area contributed by atoms with Crippen LogP contribution in [0.4, 0.5) is 0 Å². The molecule has 1 aromatic rings. The van der Waals surface area contributed by atoms with Crippen molar-refractivity contribution < 1.29 is 0 Å². The summed E-state index contributed by atoms with van der Waals surface area (Å²) in [6.45, 7) is 0. The predicted octanol–water partition coefficient (Wildman–Crippen LogP) is 1.43. The lowest BCUT2D eigenvalue weighted by Gasteiger charge is -2.08. The van der Waals surface area contributed by atoms with Gasteiger partial charge in [-0.15, -0.1) is 0 Å². The second kappa shape index (κ2) is 4.89. The highest BCUT2D eigenvalue weighted by atomic mass is 79.9. The Hall–Kier alpha value is -1.00. The van der Waals surface area contributed by atoms with Gasteiger partial charge >= 0.3 is 0 Å². The van der Waals surface area contributed by atoms with Crippen molar-refractivity contribution in [1.82, 2.24) is 10.7 Å². The molecule has 0 spiro atoms. The number of hydrazine groups is 1. The third-order valence-electron chi connectivity index (χ3n) is 1.61. The Balaban J connectivity index is 3.05. The molecule has 0 aliphatic carbocycles. The van der Waals surface area contributed by atoms with E-state index >= 15 is 0 Å². The molecule has 3 nitrogen and oxygen atoms in total. The summed E-state index contributed by atoms with van der Waals surface area (Å²) >= 11 is 3.44. The fourth-order valence-electron chi connectivity index (χ4n) is 1.02. The van der Waals surface area contributed by atoms with Crippen molar-refractivity contribution in [2.45, 2.75) is 0 Å². The van der Waals surface area contributed by atoms with Crippen molar-refractivity contribution in [2.75, 3.05) is 7.05 Å². The van der Waals surface area contributed by atoms with Crippen molar-refractivity contribution in [3.63, 3.8) is 0 Å². The van der Waals surface area contributed by atoms with Crippen LogP contribution in [-0.2, 0) is 0 Å². The van der Waals surface area contributed by atoms with Crippen molar-refractivity contribution in [3.05, 3.63) is 40.5 Å². The highest BCUT2D eigenvalue weighted by molar-refractivity contribution is 9.10. The molecule has 0 aliphatic rings. The van der Waals surface area contributed by atoms with Crippen molar-refractivity contribution in [3.8, 4) is 0 Å². The Morgan fingerprint density at radius 2 is 2.15 bits per heavy atom. The minimum Gasteiger partial charge on any atom is -0.392 e. The summed E-state index contributed by atoms with van der Waals surface area (Å²) in [7, 11) is 1.83. The van der Waals surface area contributed by atoms with E-state index in [4.69, 9.17) is 5.84 Å². The van der Waals surface area contributed by atoms with E-state index in [-0.39, 0.29) is 0 Å². The van der Waals surface area contributed by atoms with E-state index in [2.05, 4.69) is 26.7 Å². The standard InChI is InChI=1S/C9H12BrN3/c1-12-6-9(13-11)7-4-2-3-5-8(7)10/h2-6,12-13H,11H2,1H3/b9-6-. The second-order valence-electron chi connectivity index (χ2n) is 2.47. The van der Waals surface area contributed by atoms with Crippen LogP contribution >= 0.6 is 15.9 Å². The predicted molar refractivity (Wildman–Crippen MR) is 58.5 cm³/mol. The van der Waals surface area contributed by atoms with Gasteiger partial charge in [0.2, 0.25) is 0 Å². The van der Waals surface area contributed by atoms with Crippen LogP contribution in [0.25, 0.3) is 5.70 Å². The maximum atomic E-state index is 5.38. The first-order chi connectivity index (χ1) is 6.29. The van der Waals surface area contributed by atoms with Crippen LogP contribution in [0, 0.1) is 0 Å². The third-order valence-corrected chi connectivity index (χ3v) is 2.30. The molecule has 0 aromatic heterocycles. The topological polar surface area (TPSA) is 50.1 Å². The number of nitrogens with two attached hydrogens (primary N) is 1. The molecule has 0 aliphatic heterocycles. The summed E-state index contributed by atoms with van der Waals surface area (Å²) in [5.74, 6) is 5.38. The Morgan fingerprint density at radius 3 is 2.69 bits per heavy atom. The molecule has 4 N–H and O–H groups in total. The van der Waals surface area contributed by atoms with Crippen molar-refractivity contribution in [2.24, 2.45) is 5.84 Å². The zero-order chi connectivity index (χ0) is 9.68. The molecule has 0 heterocycles. The lowest BCUT2D eigenvalue weighted by molar-refractivity contribution is 0.966. The Labute approximate surface area is 86.1 Å². The van der Waals surface area contributed by atoms with Crippen molar-refractivity contribution >= 4 is 21.6 Å². The van der Waals surface area contributed by atoms with Crippen LogP contribution < -0.4 is 16.6 Å². The quantitative estimate of drug-likeness (QED) is 0.555. The van der Waals surface area contributed by atoms with Gasteiger partial charge in [0.25, 0.3) is 0 Å². The molecule has 0 amide bonds. The van der Waals surface area contributed by atoms with Crippen LogP contribution in [0.3, 0.4) is 0 Å². The van der Waals surface area contributed by atoms with E-state index in [1.165, 1.54) is 0 Å². The second-order valence-corrected chi connectivity index (χ2v) is 3.33. The van der Waals surface area contributed by atoms with Gasteiger partial charge in [-0.2, -0.15) is 0 Å². The van der Waals surface area contributed by atoms with E-state index in [0.717, 1.165) is 15.7 Å². The van der Waals surface area contributed by atoms with Gasteiger partial charge < -0.3 is 10.7 Å². The van der Waals surface area contributed by atoms with Crippen LogP contribution in [0.2, 0.25) is 0 Å². The Bertz CT molecular complexity index is 309. The normalized spacial score (nSPS) is 11.2. The van der Waals surface area contributed by atoms with E-state index in [9.17, 15) is 0 Å². The summed E-state index contributed by atoms with van der Waals surface area (Å²) in [4.78, 5) is 0. The van der Waals surface area contributed by atoms with Gasteiger partial charge in [-0.05, 0) is 6.07 Å². The molecule has 0 unspecified atom stereocenters. The molecule has 70 valence electrons. The van der Waals surface area contributed by atoms with Gasteiger partial charge in [0.15, 0.2) is 0 Å². The van der Waals surface area contributed by atoms with Crippen LogP contribution in [-0.4, -0.2) is 7.05 Å². The maximum absolute atomic E-state index is 5.38. The first kappa shape index (κ1) is 10.1. The smallest absolute Gasteiger partial charge is 0.0726 e. The van der Waals surface area contributed by atoms with Crippen LogP contribution in [0.15, 0.2) is 34.9 Å². The number of halogens is 1. The zero-order valence-electron chi connectivity index (χ0n) is 7.34. The number of nitrogens with one attached hydrogen (secondary N) is 2. The zero-order valence-corrected chi connectivity index (χ0v) is 8.93. The average Bonchev–Trinajstić information content (AvgIpc) is 2.16. The molecule has 0 radical (unpaired) electrons. The van der Waals surface area contributed by atoms with Gasteiger partial charge in [0.05, 0.1) is 5.70 Å². The minimum absolute atomic E-state index is 0.843. The van der Waals surface area contributed by atoms with Gasteiger partial charge in [0.1, 0.15) is 0 Å². The average molecular weight is 242 g/mol. The fraction of sp³-hybridized carbons (Fsp3) is 0.111. The molecule has 0 atom stereocenters. The SMILES string of the molecule is CN/C=C(\NN)c1ccccc1Br. The summed E-state index contributed by atoms with van der Waals surface area (Å²) in [6, 6.07) is 7.87. The summed E-state index contributed by atoms with van der Waals surface area (Å²) in [5.41, 5.74) is 4.50. The van der Waals surface area contributed by atoms with Gasteiger partial charge in [0, 0.05) is 23.3 Å². The van der Waals surface area contributed by atoms with E-state index in [0.29, 0.717) is 0 Å². The van der Waals surface area contributed by atoms with E-state index < -0.39 is 0 Å². The highest BCUT2D eigenvalue weighted by Gasteiger charge is 2.02. The maximum Gasteiger partial charge on any atom is 0.0726 e. The van der Waals surface area contributed by atoms with Crippen LogP contribution in [0.5, 0.6) is 0 Å². The number of hydrogen-bond donors (Lipinski definition) is 3. The number of hydrogen-bond acceptors (Lipinski definition) is 3. The van der Waals surface area contributed by atoms with Gasteiger partial charge in [-0.1, -0.05) is 34.1 Å². The molecular weight excluding hydrogens is 230 g/mol. The summed E-state index contributed by atoms with van der Waals surface area (Å²) in [6.07, 6.45) is 1.81. The van der Waals surface area contributed by atoms with E-state index in [1.54, 1.807) is 6.20 Å². The summed E-state index contributed by atoms with van der Waals surface area (Å²) < 4.78 is 1.01. The van der Waals surface area contributed by atoms with Crippen LogP contribution in [0.1, 0.15) is 5.56 Å². The molecule has 0 saturated carbocycles. The molecule has 0 saturated heterocycles. The molecule has 1 rings (SSSR count). The first-order valence-corrected chi connectivity index (χ1v) is 4.68. The Morgan fingerprint density at radius 1 is 1.46 bits per heavy atom. The molecule has 0 fully saturated rings. The number of rotatable bonds is 3. The minimum atomic E-state index is 0.843. The highest BCUT2D eigenvalue weighted by Crippen LogP contribution is 2.21. The third kappa shape index (κ3) is 2.47. The van der Waals surface area contributed by atoms with E-state index in [1.807, 2.05) is 31.3 Å². The lowest BCUT2D eigenvalue weighted by Crippen LogP contribution is -2.21.